The minimum absolute atomic E-state index is 0.120. The first-order chi connectivity index (χ1) is 13.0. The van der Waals surface area contributed by atoms with Gasteiger partial charge in [0.05, 0.1) is 11.0 Å². The molecule has 1 atom stereocenters. The molecule has 1 aliphatic rings. The number of amides is 1. The van der Waals surface area contributed by atoms with E-state index in [0.29, 0.717) is 13.1 Å². The van der Waals surface area contributed by atoms with E-state index in [2.05, 4.69) is 43.0 Å². The third-order valence-corrected chi connectivity index (χ3v) is 6.48. The average molecular weight is 387 g/mol. The Morgan fingerprint density at radius 2 is 2.00 bits per heavy atom. The molecule has 2 heterocycles. The van der Waals surface area contributed by atoms with Crippen LogP contribution in [0.25, 0.3) is 0 Å². The number of ether oxygens (including phenoxy) is 1. The van der Waals surface area contributed by atoms with E-state index in [-0.39, 0.29) is 12.0 Å². The van der Waals surface area contributed by atoms with Gasteiger partial charge in [-0.2, -0.15) is 0 Å². The van der Waals surface area contributed by atoms with Gasteiger partial charge in [0.2, 0.25) is 0 Å². The van der Waals surface area contributed by atoms with Gasteiger partial charge in [0.25, 0.3) is 5.91 Å². The summed E-state index contributed by atoms with van der Waals surface area (Å²) in [6.07, 6.45) is 3.25. The van der Waals surface area contributed by atoms with Crippen LogP contribution in [0.1, 0.15) is 45.4 Å². The number of nitrogens with zero attached hydrogens (tertiary/aromatic N) is 2. The fraction of sp³-hybridized carbons (Fsp3) is 0.500. The number of hydrogen-bond donors (Lipinski definition) is 0. The molecular formula is C22H30N2O2S. The number of thiophene rings is 1. The molecule has 0 bridgehead atoms. The molecule has 0 saturated carbocycles. The number of anilines is 1. The molecule has 1 saturated heterocycles. The molecule has 3 rings (SSSR count). The van der Waals surface area contributed by atoms with Crippen LogP contribution in [0.15, 0.2) is 30.3 Å². The molecule has 0 unspecified atom stereocenters. The van der Waals surface area contributed by atoms with Gasteiger partial charge in [-0.15, -0.1) is 11.3 Å². The molecule has 4 nitrogen and oxygen atoms in total. The lowest BCUT2D eigenvalue weighted by Crippen LogP contribution is -2.36. The number of aryl methyl sites for hydroxylation is 2. The van der Waals surface area contributed by atoms with Crippen molar-refractivity contribution in [2.75, 3.05) is 32.1 Å². The van der Waals surface area contributed by atoms with Crippen LogP contribution in [-0.2, 0) is 17.7 Å². The smallest absolute Gasteiger partial charge is 0.264 e. The highest BCUT2D eigenvalue weighted by atomic mass is 32.1. The predicted molar refractivity (Wildman–Crippen MR) is 113 cm³/mol. The molecule has 0 aliphatic carbocycles. The SMILES string of the molecule is CCc1sc(C(=O)N(Cc2ccc(N(C)C)cc2)C[C@H]2CCCO2)cc1C. The summed E-state index contributed by atoms with van der Waals surface area (Å²) in [5.41, 5.74) is 3.53. The molecule has 27 heavy (non-hydrogen) atoms. The van der Waals surface area contributed by atoms with Crippen LogP contribution in [0.3, 0.4) is 0 Å². The van der Waals surface area contributed by atoms with Crippen molar-refractivity contribution in [2.45, 2.75) is 45.8 Å². The number of hydrogen-bond acceptors (Lipinski definition) is 4. The third kappa shape index (κ3) is 4.90. The Morgan fingerprint density at radius 3 is 2.56 bits per heavy atom. The van der Waals surface area contributed by atoms with Crippen molar-refractivity contribution in [1.29, 1.82) is 0 Å². The Balaban J connectivity index is 1.79. The van der Waals surface area contributed by atoms with Gasteiger partial charge in [-0.05, 0) is 55.5 Å². The molecule has 0 N–H and O–H groups in total. The molecule has 1 aliphatic heterocycles. The normalized spacial score (nSPS) is 16.5. The zero-order valence-corrected chi connectivity index (χ0v) is 17.6. The number of benzene rings is 1. The van der Waals surface area contributed by atoms with Gasteiger partial charge < -0.3 is 14.5 Å². The second kappa shape index (κ2) is 8.89. The number of carbonyl (C=O) groups is 1. The molecule has 2 aromatic rings. The van der Waals surface area contributed by atoms with Crippen molar-refractivity contribution in [3.05, 3.63) is 51.2 Å². The van der Waals surface area contributed by atoms with Crippen molar-refractivity contribution in [2.24, 2.45) is 0 Å². The zero-order valence-electron chi connectivity index (χ0n) is 16.8. The van der Waals surface area contributed by atoms with E-state index in [9.17, 15) is 4.79 Å². The van der Waals surface area contributed by atoms with E-state index >= 15 is 0 Å². The maximum Gasteiger partial charge on any atom is 0.264 e. The lowest BCUT2D eigenvalue weighted by atomic mass is 10.1. The van der Waals surface area contributed by atoms with Crippen LogP contribution in [0, 0.1) is 6.92 Å². The summed E-state index contributed by atoms with van der Waals surface area (Å²) in [5, 5.41) is 0. The first kappa shape index (κ1) is 19.9. The monoisotopic (exact) mass is 386 g/mol. The Bertz CT molecular complexity index is 761. The van der Waals surface area contributed by atoms with E-state index in [1.54, 1.807) is 11.3 Å². The van der Waals surface area contributed by atoms with Crippen LogP contribution in [0.4, 0.5) is 5.69 Å². The Morgan fingerprint density at radius 1 is 1.26 bits per heavy atom. The topological polar surface area (TPSA) is 32.8 Å². The first-order valence-corrected chi connectivity index (χ1v) is 10.6. The molecule has 1 aromatic heterocycles. The lowest BCUT2D eigenvalue weighted by molar-refractivity contribution is 0.0511. The quantitative estimate of drug-likeness (QED) is 0.702. The fourth-order valence-corrected chi connectivity index (χ4v) is 4.59. The van der Waals surface area contributed by atoms with Crippen LogP contribution < -0.4 is 4.90 Å². The summed E-state index contributed by atoms with van der Waals surface area (Å²) in [7, 11) is 4.07. The maximum absolute atomic E-state index is 13.3. The summed E-state index contributed by atoms with van der Waals surface area (Å²) < 4.78 is 5.81. The minimum Gasteiger partial charge on any atom is -0.378 e. The minimum atomic E-state index is 0.120. The highest BCUT2D eigenvalue weighted by Crippen LogP contribution is 2.25. The van der Waals surface area contributed by atoms with Crippen molar-refractivity contribution >= 4 is 22.9 Å². The number of carbonyl (C=O) groups excluding carboxylic acids is 1. The van der Waals surface area contributed by atoms with Gasteiger partial charge in [0.1, 0.15) is 0 Å². The van der Waals surface area contributed by atoms with E-state index in [4.69, 9.17) is 4.74 Å². The summed E-state index contributed by atoms with van der Waals surface area (Å²) in [5.74, 6) is 0.120. The van der Waals surface area contributed by atoms with Crippen molar-refractivity contribution in [3.63, 3.8) is 0 Å². The highest BCUT2D eigenvalue weighted by molar-refractivity contribution is 7.14. The molecule has 5 heteroatoms. The van der Waals surface area contributed by atoms with Gasteiger partial charge in [-0.3, -0.25) is 4.79 Å². The van der Waals surface area contributed by atoms with Gasteiger partial charge in [0, 0.05) is 44.4 Å². The molecular weight excluding hydrogens is 356 g/mol. The summed E-state index contributed by atoms with van der Waals surface area (Å²) >= 11 is 1.63. The summed E-state index contributed by atoms with van der Waals surface area (Å²) in [6.45, 7) is 6.32. The molecule has 0 spiro atoms. The second-order valence-corrected chi connectivity index (χ2v) is 8.59. The van der Waals surface area contributed by atoms with E-state index in [0.717, 1.165) is 42.0 Å². The largest absolute Gasteiger partial charge is 0.378 e. The average Bonchev–Trinajstić information content (AvgIpc) is 3.30. The van der Waals surface area contributed by atoms with E-state index in [1.807, 2.05) is 25.1 Å². The van der Waals surface area contributed by atoms with Crippen molar-refractivity contribution < 1.29 is 9.53 Å². The summed E-state index contributed by atoms with van der Waals surface area (Å²) in [4.78, 5) is 19.4. The van der Waals surface area contributed by atoms with Crippen LogP contribution in [0.2, 0.25) is 0 Å². The lowest BCUT2D eigenvalue weighted by Gasteiger charge is -2.25. The molecule has 146 valence electrons. The Kier molecular flexibility index (Phi) is 6.55. The van der Waals surface area contributed by atoms with Crippen molar-refractivity contribution in [1.82, 2.24) is 4.90 Å². The van der Waals surface area contributed by atoms with E-state index in [1.165, 1.54) is 10.4 Å². The predicted octanol–water partition coefficient (Wildman–Crippen LogP) is 4.51. The fourth-order valence-electron chi connectivity index (χ4n) is 3.51. The molecule has 1 aromatic carbocycles. The van der Waals surface area contributed by atoms with Crippen LogP contribution in [0.5, 0.6) is 0 Å². The maximum atomic E-state index is 13.3. The van der Waals surface area contributed by atoms with Crippen LogP contribution >= 0.6 is 11.3 Å². The van der Waals surface area contributed by atoms with Crippen LogP contribution in [-0.4, -0.2) is 44.2 Å². The van der Waals surface area contributed by atoms with Gasteiger partial charge in [0.15, 0.2) is 0 Å². The third-order valence-electron chi connectivity index (χ3n) is 5.11. The Hall–Kier alpha value is -1.85. The van der Waals surface area contributed by atoms with Gasteiger partial charge in [-0.1, -0.05) is 19.1 Å². The zero-order chi connectivity index (χ0) is 19.4. The first-order valence-electron chi connectivity index (χ1n) is 9.74. The summed E-state index contributed by atoms with van der Waals surface area (Å²) in [6, 6.07) is 10.5. The van der Waals surface area contributed by atoms with Crippen molar-refractivity contribution in [3.8, 4) is 0 Å². The standard InChI is InChI=1S/C22H30N2O2S/c1-5-20-16(2)13-21(27-20)22(25)24(15-19-7-6-12-26-19)14-17-8-10-18(11-9-17)23(3)4/h8-11,13,19H,5-7,12,14-15H2,1-4H3/t19-/m1/s1. The molecule has 1 amide bonds. The Labute approximate surface area is 166 Å². The molecule has 1 fully saturated rings. The van der Waals surface area contributed by atoms with Gasteiger partial charge >= 0.3 is 0 Å². The van der Waals surface area contributed by atoms with Gasteiger partial charge in [-0.25, -0.2) is 0 Å². The van der Waals surface area contributed by atoms with E-state index < -0.39 is 0 Å². The molecule has 0 radical (unpaired) electrons. The second-order valence-electron chi connectivity index (χ2n) is 7.45. The number of rotatable bonds is 7. The highest BCUT2D eigenvalue weighted by Gasteiger charge is 2.25.